The second kappa shape index (κ2) is 5.51. The SMILES string of the molecule is COC(C)(C)C(=O)C1CCOC2(CCSCC2)C1. The molecule has 0 N–H and O–H groups in total. The Morgan fingerprint density at radius 2 is 2.06 bits per heavy atom. The Hall–Kier alpha value is -0.0600. The van der Waals surface area contributed by atoms with Crippen LogP contribution in [-0.2, 0) is 14.3 Å². The van der Waals surface area contributed by atoms with E-state index in [1.807, 2.05) is 25.6 Å². The molecule has 2 fully saturated rings. The van der Waals surface area contributed by atoms with Crippen molar-refractivity contribution in [2.24, 2.45) is 5.92 Å². The summed E-state index contributed by atoms with van der Waals surface area (Å²) in [7, 11) is 1.62. The van der Waals surface area contributed by atoms with Gasteiger partial charge in [0.1, 0.15) is 5.60 Å². The first-order valence-electron chi connectivity index (χ1n) is 6.80. The van der Waals surface area contributed by atoms with E-state index in [9.17, 15) is 4.79 Å². The number of ether oxygens (including phenoxy) is 2. The van der Waals surface area contributed by atoms with Gasteiger partial charge < -0.3 is 9.47 Å². The van der Waals surface area contributed by atoms with E-state index >= 15 is 0 Å². The van der Waals surface area contributed by atoms with Crippen molar-refractivity contribution in [2.45, 2.75) is 50.7 Å². The Labute approximate surface area is 114 Å². The molecule has 1 spiro atoms. The summed E-state index contributed by atoms with van der Waals surface area (Å²) < 4.78 is 11.4. The molecule has 0 aromatic heterocycles. The van der Waals surface area contributed by atoms with E-state index in [2.05, 4.69) is 0 Å². The Balaban J connectivity index is 2.04. The van der Waals surface area contributed by atoms with Crippen molar-refractivity contribution in [2.75, 3.05) is 25.2 Å². The van der Waals surface area contributed by atoms with Crippen LogP contribution in [0.5, 0.6) is 0 Å². The van der Waals surface area contributed by atoms with Crippen LogP contribution in [0.4, 0.5) is 0 Å². The molecule has 2 rings (SSSR count). The average molecular weight is 272 g/mol. The molecule has 1 unspecified atom stereocenters. The Morgan fingerprint density at radius 3 is 2.67 bits per heavy atom. The van der Waals surface area contributed by atoms with Crippen LogP contribution in [0, 0.1) is 5.92 Å². The molecule has 1 atom stereocenters. The Kier molecular flexibility index (Phi) is 4.40. The highest BCUT2D eigenvalue weighted by Crippen LogP contribution is 2.41. The van der Waals surface area contributed by atoms with Crippen LogP contribution in [0.3, 0.4) is 0 Å². The van der Waals surface area contributed by atoms with Gasteiger partial charge in [0.15, 0.2) is 5.78 Å². The summed E-state index contributed by atoms with van der Waals surface area (Å²) in [4.78, 5) is 12.5. The van der Waals surface area contributed by atoms with Crippen LogP contribution in [0.1, 0.15) is 39.5 Å². The molecule has 2 aliphatic rings. The lowest BCUT2D eigenvalue weighted by Crippen LogP contribution is -2.48. The molecule has 0 aromatic rings. The predicted molar refractivity (Wildman–Crippen MR) is 74.1 cm³/mol. The van der Waals surface area contributed by atoms with Gasteiger partial charge in [-0.3, -0.25) is 4.79 Å². The highest BCUT2D eigenvalue weighted by Gasteiger charge is 2.44. The third-order valence-electron chi connectivity index (χ3n) is 4.37. The molecule has 18 heavy (non-hydrogen) atoms. The quantitative estimate of drug-likeness (QED) is 0.791. The predicted octanol–water partition coefficient (Wildman–Crippen LogP) is 2.67. The third-order valence-corrected chi connectivity index (χ3v) is 5.36. The largest absolute Gasteiger partial charge is 0.375 e. The normalized spacial score (nSPS) is 28.3. The average Bonchev–Trinajstić information content (AvgIpc) is 2.39. The second-order valence-electron chi connectivity index (χ2n) is 5.91. The summed E-state index contributed by atoms with van der Waals surface area (Å²) in [6, 6.07) is 0. The zero-order valence-corrected chi connectivity index (χ0v) is 12.5. The first-order valence-corrected chi connectivity index (χ1v) is 7.96. The van der Waals surface area contributed by atoms with E-state index in [0.717, 1.165) is 43.8 Å². The number of Topliss-reactive ketones (excluding diaryl/α,β-unsaturated/α-hetero) is 1. The van der Waals surface area contributed by atoms with Crippen molar-refractivity contribution in [3.05, 3.63) is 0 Å². The maximum Gasteiger partial charge on any atom is 0.167 e. The molecule has 0 aromatic carbocycles. The van der Waals surface area contributed by atoms with Crippen LogP contribution in [-0.4, -0.2) is 42.2 Å². The fourth-order valence-electron chi connectivity index (χ4n) is 2.94. The fraction of sp³-hybridized carbons (Fsp3) is 0.929. The van der Waals surface area contributed by atoms with Crippen molar-refractivity contribution < 1.29 is 14.3 Å². The Bertz CT molecular complexity index is 303. The lowest BCUT2D eigenvalue weighted by Gasteiger charge is -2.44. The van der Waals surface area contributed by atoms with Gasteiger partial charge in [-0.25, -0.2) is 0 Å². The van der Waals surface area contributed by atoms with Crippen molar-refractivity contribution >= 4 is 17.5 Å². The van der Waals surface area contributed by atoms with Crippen LogP contribution in [0.25, 0.3) is 0 Å². The molecule has 2 heterocycles. The van der Waals surface area contributed by atoms with Gasteiger partial charge in [-0.1, -0.05) is 0 Å². The van der Waals surface area contributed by atoms with E-state index in [4.69, 9.17) is 9.47 Å². The highest BCUT2D eigenvalue weighted by atomic mass is 32.2. The number of hydrogen-bond acceptors (Lipinski definition) is 4. The molecule has 3 nitrogen and oxygen atoms in total. The lowest BCUT2D eigenvalue weighted by atomic mass is 9.77. The molecule has 0 radical (unpaired) electrons. The molecule has 0 bridgehead atoms. The number of ketones is 1. The monoisotopic (exact) mass is 272 g/mol. The van der Waals surface area contributed by atoms with Gasteiger partial charge in [-0.05, 0) is 51.0 Å². The van der Waals surface area contributed by atoms with Gasteiger partial charge in [0.05, 0.1) is 5.60 Å². The van der Waals surface area contributed by atoms with Crippen molar-refractivity contribution in [1.82, 2.24) is 0 Å². The van der Waals surface area contributed by atoms with Crippen LogP contribution < -0.4 is 0 Å². The van der Waals surface area contributed by atoms with E-state index in [1.165, 1.54) is 0 Å². The third kappa shape index (κ3) is 2.91. The maximum atomic E-state index is 12.5. The van der Waals surface area contributed by atoms with Crippen molar-refractivity contribution in [3.63, 3.8) is 0 Å². The summed E-state index contributed by atoms with van der Waals surface area (Å²) in [6.07, 6.45) is 3.92. The number of methoxy groups -OCH3 is 1. The highest BCUT2D eigenvalue weighted by molar-refractivity contribution is 7.99. The van der Waals surface area contributed by atoms with Gasteiger partial charge in [-0.15, -0.1) is 0 Å². The number of rotatable bonds is 3. The minimum atomic E-state index is -0.660. The summed E-state index contributed by atoms with van der Waals surface area (Å²) in [5, 5.41) is 0. The topological polar surface area (TPSA) is 35.5 Å². The molecule has 0 aliphatic carbocycles. The zero-order valence-electron chi connectivity index (χ0n) is 11.7. The van der Waals surface area contributed by atoms with Gasteiger partial charge in [0.25, 0.3) is 0 Å². The van der Waals surface area contributed by atoms with Crippen LogP contribution in [0.15, 0.2) is 0 Å². The number of hydrogen-bond donors (Lipinski definition) is 0. The standard InChI is InChI=1S/C14H24O3S/c1-13(2,16-3)12(15)11-4-7-17-14(10-11)5-8-18-9-6-14/h11H,4-10H2,1-3H3. The van der Waals surface area contributed by atoms with Gasteiger partial charge in [-0.2, -0.15) is 11.8 Å². The van der Waals surface area contributed by atoms with Crippen molar-refractivity contribution in [3.8, 4) is 0 Å². The van der Waals surface area contributed by atoms with Gasteiger partial charge in [0.2, 0.25) is 0 Å². The Morgan fingerprint density at radius 1 is 1.39 bits per heavy atom. The minimum Gasteiger partial charge on any atom is -0.375 e. The molecular formula is C14H24O3S. The maximum absolute atomic E-state index is 12.5. The van der Waals surface area contributed by atoms with E-state index < -0.39 is 5.60 Å². The van der Waals surface area contributed by atoms with Gasteiger partial charge in [0, 0.05) is 19.6 Å². The molecule has 4 heteroatoms. The molecular weight excluding hydrogens is 248 g/mol. The summed E-state index contributed by atoms with van der Waals surface area (Å²) in [6.45, 7) is 4.46. The summed E-state index contributed by atoms with van der Waals surface area (Å²) in [5.41, 5.74) is -0.680. The summed E-state index contributed by atoms with van der Waals surface area (Å²) >= 11 is 1.99. The van der Waals surface area contributed by atoms with E-state index in [0.29, 0.717) is 0 Å². The van der Waals surface area contributed by atoms with E-state index in [-0.39, 0.29) is 17.3 Å². The molecule has 0 saturated carbocycles. The fourth-order valence-corrected chi connectivity index (χ4v) is 4.17. The van der Waals surface area contributed by atoms with Gasteiger partial charge >= 0.3 is 0 Å². The zero-order chi connectivity index (χ0) is 13.2. The first-order chi connectivity index (χ1) is 8.49. The minimum absolute atomic E-state index is 0.0202. The molecule has 0 amide bonds. The van der Waals surface area contributed by atoms with Crippen molar-refractivity contribution in [1.29, 1.82) is 0 Å². The van der Waals surface area contributed by atoms with E-state index in [1.54, 1.807) is 7.11 Å². The van der Waals surface area contributed by atoms with Crippen LogP contribution >= 0.6 is 11.8 Å². The summed E-state index contributed by atoms with van der Waals surface area (Å²) in [5.74, 6) is 2.67. The molecule has 2 aliphatic heterocycles. The number of thioether (sulfide) groups is 1. The second-order valence-corrected chi connectivity index (χ2v) is 7.14. The van der Waals surface area contributed by atoms with Crippen LogP contribution in [0.2, 0.25) is 0 Å². The molecule has 2 saturated heterocycles. The smallest absolute Gasteiger partial charge is 0.167 e. The number of carbonyl (C=O) groups is 1. The number of carbonyl (C=O) groups excluding carboxylic acids is 1. The first kappa shape index (κ1) is 14.4. The molecule has 104 valence electrons. The lowest BCUT2D eigenvalue weighted by molar-refractivity contribution is -0.154.